The molecule has 4 rings (SSSR count). The van der Waals surface area contributed by atoms with Crippen LogP contribution in [0.5, 0.6) is 0 Å². The molecule has 6 atom stereocenters. The number of halogens is 1. The average Bonchev–Trinajstić information content (AvgIpc) is 3.18. The molecule has 4 heteroatoms. The molecule has 1 aliphatic heterocycles. The van der Waals surface area contributed by atoms with E-state index in [0.29, 0.717) is 28.1 Å². The van der Waals surface area contributed by atoms with Crippen LogP contribution in [0.15, 0.2) is 35.5 Å². The van der Waals surface area contributed by atoms with Crippen LogP contribution in [0.4, 0.5) is 0 Å². The van der Waals surface area contributed by atoms with Gasteiger partial charge in [0.15, 0.2) is 0 Å². The van der Waals surface area contributed by atoms with Gasteiger partial charge in [-0.05, 0) is 70.0 Å². The van der Waals surface area contributed by atoms with Gasteiger partial charge >= 0.3 is 0 Å². The van der Waals surface area contributed by atoms with E-state index >= 15 is 0 Å². The number of likely N-dealkylation sites (tertiary alicyclic amines) is 1. The lowest BCUT2D eigenvalue weighted by Crippen LogP contribution is -2.33. The fourth-order valence-corrected chi connectivity index (χ4v) is 5.28. The SMILES string of the molecule is C=CC1C2CC2C(C)C2CN(C(=O)c3cccc(Br)n3)CC12. The molecular weight excluding hydrogens is 340 g/mol. The second kappa shape index (κ2) is 5.19. The molecule has 3 nitrogen and oxygen atoms in total. The van der Waals surface area contributed by atoms with Gasteiger partial charge in [0.25, 0.3) is 5.91 Å². The molecule has 2 aliphatic carbocycles. The molecule has 2 heterocycles. The Balaban J connectivity index is 1.56. The Morgan fingerprint density at radius 3 is 2.82 bits per heavy atom. The Morgan fingerprint density at radius 2 is 2.09 bits per heavy atom. The highest BCUT2D eigenvalue weighted by molar-refractivity contribution is 9.10. The number of rotatable bonds is 2. The van der Waals surface area contributed by atoms with Gasteiger partial charge in [-0.2, -0.15) is 0 Å². The maximum Gasteiger partial charge on any atom is 0.272 e. The first-order chi connectivity index (χ1) is 10.6. The summed E-state index contributed by atoms with van der Waals surface area (Å²) in [6.45, 7) is 8.19. The van der Waals surface area contributed by atoms with Crippen LogP contribution >= 0.6 is 15.9 Å². The third-order valence-corrected chi connectivity index (χ3v) is 6.58. The Bertz CT molecular complexity index is 631. The lowest BCUT2D eigenvalue weighted by atomic mass is 9.69. The molecule has 116 valence electrons. The van der Waals surface area contributed by atoms with Crippen LogP contribution in [0.25, 0.3) is 0 Å². The predicted octanol–water partition coefficient (Wildman–Crippen LogP) is 3.62. The maximum absolute atomic E-state index is 12.8. The van der Waals surface area contributed by atoms with Crippen LogP contribution in [0.1, 0.15) is 23.8 Å². The predicted molar refractivity (Wildman–Crippen MR) is 89.3 cm³/mol. The van der Waals surface area contributed by atoms with E-state index < -0.39 is 0 Å². The number of hydrogen-bond donors (Lipinski definition) is 0. The second-order valence-corrected chi connectivity index (χ2v) is 7.93. The van der Waals surface area contributed by atoms with Gasteiger partial charge in [-0.25, -0.2) is 4.98 Å². The van der Waals surface area contributed by atoms with Gasteiger partial charge in [0.05, 0.1) is 0 Å². The third-order valence-electron chi connectivity index (χ3n) is 6.14. The fourth-order valence-electron chi connectivity index (χ4n) is 4.94. The van der Waals surface area contributed by atoms with Crippen LogP contribution in [0.3, 0.4) is 0 Å². The summed E-state index contributed by atoms with van der Waals surface area (Å²) in [4.78, 5) is 19.1. The first-order valence-electron chi connectivity index (χ1n) is 8.14. The van der Waals surface area contributed by atoms with E-state index in [2.05, 4.69) is 40.5 Å². The Morgan fingerprint density at radius 1 is 1.32 bits per heavy atom. The molecule has 0 N–H and O–H groups in total. The average molecular weight is 361 g/mol. The van der Waals surface area contributed by atoms with E-state index in [1.54, 1.807) is 6.07 Å². The summed E-state index contributed by atoms with van der Waals surface area (Å²) < 4.78 is 0.716. The van der Waals surface area contributed by atoms with Crippen molar-refractivity contribution in [2.75, 3.05) is 13.1 Å². The minimum Gasteiger partial charge on any atom is -0.337 e. The van der Waals surface area contributed by atoms with E-state index in [1.165, 1.54) is 6.42 Å². The van der Waals surface area contributed by atoms with Crippen LogP contribution in [-0.2, 0) is 0 Å². The lowest BCUT2D eigenvalue weighted by molar-refractivity contribution is 0.0774. The number of allylic oxidation sites excluding steroid dienone is 1. The van der Waals surface area contributed by atoms with Crippen LogP contribution in [-0.4, -0.2) is 28.9 Å². The first-order valence-corrected chi connectivity index (χ1v) is 8.94. The lowest BCUT2D eigenvalue weighted by Gasteiger charge is -2.35. The molecule has 0 radical (unpaired) electrons. The quantitative estimate of drug-likeness (QED) is 0.596. The number of fused-ring (bicyclic) bond motifs is 2. The number of hydrogen-bond acceptors (Lipinski definition) is 2. The molecule has 1 saturated heterocycles. The summed E-state index contributed by atoms with van der Waals surface area (Å²) in [5.74, 6) is 4.31. The van der Waals surface area contributed by atoms with E-state index in [9.17, 15) is 4.79 Å². The second-order valence-electron chi connectivity index (χ2n) is 7.12. The Hall–Kier alpha value is -1.16. The number of amides is 1. The molecule has 2 saturated carbocycles. The molecule has 3 aliphatic rings. The van der Waals surface area contributed by atoms with Crippen molar-refractivity contribution in [3.8, 4) is 0 Å². The summed E-state index contributed by atoms with van der Waals surface area (Å²) >= 11 is 3.35. The van der Waals surface area contributed by atoms with Gasteiger partial charge in [-0.1, -0.05) is 19.1 Å². The maximum atomic E-state index is 12.8. The third kappa shape index (κ3) is 2.15. The van der Waals surface area contributed by atoms with Crippen molar-refractivity contribution >= 4 is 21.8 Å². The zero-order chi connectivity index (χ0) is 15.4. The van der Waals surface area contributed by atoms with Crippen molar-refractivity contribution in [2.24, 2.45) is 35.5 Å². The Kier molecular flexibility index (Phi) is 3.40. The van der Waals surface area contributed by atoms with E-state index in [1.807, 2.05) is 17.0 Å². The molecule has 1 aromatic heterocycles. The van der Waals surface area contributed by atoms with Crippen LogP contribution in [0.2, 0.25) is 0 Å². The molecule has 1 aromatic rings. The minimum atomic E-state index is 0.0689. The van der Waals surface area contributed by atoms with Gasteiger partial charge < -0.3 is 4.90 Å². The molecule has 0 spiro atoms. The van der Waals surface area contributed by atoms with E-state index in [0.717, 1.165) is 30.8 Å². The van der Waals surface area contributed by atoms with Gasteiger partial charge in [0.1, 0.15) is 10.3 Å². The van der Waals surface area contributed by atoms with Crippen molar-refractivity contribution in [2.45, 2.75) is 13.3 Å². The molecule has 0 aromatic carbocycles. The topological polar surface area (TPSA) is 33.2 Å². The van der Waals surface area contributed by atoms with Crippen molar-refractivity contribution in [3.05, 3.63) is 41.2 Å². The van der Waals surface area contributed by atoms with E-state index in [-0.39, 0.29) is 5.91 Å². The number of nitrogens with zero attached hydrogens (tertiary/aromatic N) is 2. The normalized spacial score (nSPS) is 39.1. The highest BCUT2D eigenvalue weighted by atomic mass is 79.9. The van der Waals surface area contributed by atoms with Gasteiger partial charge in [0, 0.05) is 13.1 Å². The zero-order valence-electron chi connectivity index (χ0n) is 12.8. The number of carbonyl (C=O) groups is 1. The summed E-state index contributed by atoms with van der Waals surface area (Å²) in [6.07, 6.45) is 3.52. The smallest absolute Gasteiger partial charge is 0.272 e. The van der Waals surface area contributed by atoms with E-state index in [4.69, 9.17) is 0 Å². The van der Waals surface area contributed by atoms with Gasteiger partial charge in [-0.3, -0.25) is 4.79 Å². The monoisotopic (exact) mass is 360 g/mol. The number of aromatic nitrogens is 1. The first kappa shape index (κ1) is 14.4. The standard InChI is InChI=1S/C18H21BrN2O/c1-3-11-13-7-12(13)10(2)14-8-21(9-15(11)14)18(22)16-5-4-6-17(19)20-16/h3-6,10-15H,1,7-9H2,2H3. The summed E-state index contributed by atoms with van der Waals surface area (Å²) in [6, 6.07) is 5.53. The summed E-state index contributed by atoms with van der Waals surface area (Å²) in [5, 5.41) is 0. The molecule has 0 bridgehead atoms. The van der Waals surface area contributed by atoms with Crippen LogP contribution < -0.4 is 0 Å². The number of carbonyl (C=O) groups excluding carboxylic acids is 1. The highest BCUT2D eigenvalue weighted by Crippen LogP contribution is 2.61. The molecule has 3 fully saturated rings. The highest BCUT2D eigenvalue weighted by Gasteiger charge is 2.58. The summed E-state index contributed by atoms with van der Waals surface area (Å²) in [5.41, 5.74) is 0.543. The molecule has 1 amide bonds. The van der Waals surface area contributed by atoms with Crippen molar-refractivity contribution in [3.63, 3.8) is 0 Å². The van der Waals surface area contributed by atoms with Crippen molar-refractivity contribution < 1.29 is 4.79 Å². The fraction of sp³-hybridized carbons (Fsp3) is 0.556. The summed E-state index contributed by atoms with van der Waals surface area (Å²) in [7, 11) is 0. The van der Waals surface area contributed by atoms with Crippen molar-refractivity contribution in [1.82, 2.24) is 9.88 Å². The van der Waals surface area contributed by atoms with Gasteiger partial charge in [0.2, 0.25) is 0 Å². The van der Waals surface area contributed by atoms with Crippen molar-refractivity contribution in [1.29, 1.82) is 0 Å². The largest absolute Gasteiger partial charge is 0.337 e. The Labute approximate surface area is 139 Å². The number of pyridine rings is 1. The van der Waals surface area contributed by atoms with Crippen LogP contribution in [0, 0.1) is 35.5 Å². The molecule has 22 heavy (non-hydrogen) atoms. The van der Waals surface area contributed by atoms with Gasteiger partial charge in [-0.15, -0.1) is 6.58 Å². The zero-order valence-corrected chi connectivity index (χ0v) is 14.4. The minimum absolute atomic E-state index is 0.0689. The molecule has 6 unspecified atom stereocenters. The molecular formula is C18H21BrN2O.